The minimum atomic E-state index is -0.0934. The summed E-state index contributed by atoms with van der Waals surface area (Å²) in [5.74, 6) is 0.570. The molecule has 1 heterocycles. The summed E-state index contributed by atoms with van der Waals surface area (Å²) in [5, 5.41) is 1.13. The Hall–Kier alpha value is -1.53. The largest absolute Gasteiger partial charge is 0.489 e. The van der Waals surface area contributed by atoms with E-state index in [1.807, 2.05) is 24.3 Å². The lowest BCUT2D eigenvalue weighted by molar-refractivity contribution is -0.121. The van der Waals surface area contributed by atoms with Crippen molar-refractivity contribution in [2.75, 3.05) is 7.05 Å². The molecular formula is C18H13Cl2NO2S2. The third kappa shape index (κ3) is 4.18. The number of benzene rings is 2. The summed E-state index contributed by atoms with van der Waals surface area (Å²) in [7, 11) is 1.67. The summed E-state index contributed by atoms with van der Waals surface area (Å²) in [6, 6.07) is 12.8. The molecule has 0 aromatic heterocycles. The zero-order valence-electron chi connectivity index (χ0n) is 13.2. The van der Waals surface area contributed by atoms with Gasteiger partial charge in [-0.15, -0.1) is 0 Å². The average molecular weight is 410 g/mol. The highest BCUT2D eigenvalue weighted by Gasteiger charge is 2.28. The van der Waals surface area contributed by atoms with Crippen LogP contribution in [0, 0.1) is 0 Å². The average Bonchev–Trinajstić information content (AvgIpc) is 2.82. The number of nitrogens with zero attached hydrogens (tertiary/aromatic N) is 1. The Morgan fingerprint density at radius 1 is 1.20 bits per heavy atom. The molecule has 0 N–H and O–H groups in total. The fraction of sp³-hybridized carbons (Fsp3) is 0.111. The van der Waals surface area contributed by atoms with Gasteiger partial charge in [-0.2, -0.15) is 0 Å². The molecule has 1 amide bonds. The number of amides is 1. The monoisotopic (exact) mass is 409 g/mol. The molecule has 1 aliphatic heterocycles. The Morgan fingerprint density at radius 2 is 1.88 bits per heavy atom. The molecule has 3 rings (SSSR count). The van der Waals surface area contributed by atoms with E-state index >= 15 is 0 Å². The molecule has 0 atom stereocenters. The van der Waals surface area contributed by atoms with Crippen LogP contribution in [0.15, 0.2) is 47.4 Å². The first kappa shape index (κ1) is 18.3. The summed E-state index contributed by atoms with van der Waals surface area (Å²) in [6.07, 6.45) is 1.80. The number of halogens is 2. The lowest BCUT2D eigenvalue weighted by Crippen LogP contribution is -2.22. The SMILES string of the molecule is CN1C(=O)/C(=C/c2cccc(OCc3c(Cl)cccc3Cl)c2)SC1=S. The number of likely N-dealkylation sites (N-methyl/N-ethyl adjacent to an activating group) is 1. The van der Waals surface area contributed by atoms with E-state index < -0.39 is 0 Å². The fourth-order valence-corrected chi connectivity index (χ4v) is 3.90. The van der Waals surface area contributed by atoms with Gasteiger partial charge in [0.25, 0.3) is 5.91 Å². The van der Waals surface area contributed by atoms with Gasteiger partial charge in [0.15, 0.2) is 0 Å². The van der Waals surface area contributed by atoms with Crippen LogP contribution in [0.4, 0.5) is 0 Å². The van der Waals surface area contributed by atoms with Gasteiger partial charge < -0.3 is 4.74 Å². The predicted molar refractivity (Wildman–Crippen MR) is 108 cm³/mol. The Balaban J connectivity index is 1.76. The fourth-order valence-electron chi connectivity index (χ4n) is 2.22. The molecule has 0 spiro atoms. The molecule has 3 nitrogen and oxygen atoms in total. The standard InChI is InChI=1S/C18H13Cl2NO2S2/c1-21-17(22)16(25-18(21)24)9-11-4-2-5-12(8-11)23-10-13-14(19)6-3-7-15(13)20/h2-9H,10H2,1H3/b16-9-. The van der Waals surface area contributed by atoms with E-state index in [1.165, 1.54) is 16.7 Å². The number of rotatable bonds is 4. The van der Waals surface area contributed by atoms with Crippen molar-refractivity contribution in [1.82, 2.24) is 4.90 Å². The maximum Gasteiger partial charge on any atom is 0.265 e. The van der Waals surface area contributed by atoms with E-state index in [0.717, 1.165) is 11.1 Å². The van der Waals surface area contributed by atoms with Crippen molar-refractivity contribution in [3.63, 3.8) is 0 Å². The quantitative estimate of drug-likeness (QED) is 0.499. The normalized spacial score (nSPS) is 16.0. The number of carbonyl (C=O) groups is 1. The van der Waals surface area contributed by atoms with Crippen LogP contribution in [0.2, 0.25) is 10.0 Å². The molecule has 0 saturated carbocycles. The van der Waals surface area contributed by atoms with Crippen LogP contribution < -0.4 is 4.74 Å². The van der Waals surface area contributed by atoms with Gasteiger partial charge in [-0.25, -0.2) is 0 Å². The second kappa shape index (κ2) is 7.79. The molecule has 1 aliphatic rings. The van der Waals surface area contributed by atoms with Gasteiger partial charge in [0.1, 0.15) is 16.7 Å². The second-order valence-electron chi connectivity index (χ2n) is 5.30. The zero-order chi connectivity index (χ0) is 18.0. The number of ether oxygens (including phenoxy) is 1. The summed E-state index contributed by atoms with van der Waals surface area (Å²) in [4.78, 5) is 14.1. The van der Waals surface area contributed by atoms with E-state index in [4.69, 9.17) is 40.2 Å². The van der Waals surface area contributed by atoms with E-state index in [9.17, 15) is 4.79 Å². The zero-order valence-corrected chi connectivity index (χ0v) is 16.3. The molecule has 25 heavy (non-hydrogen) atoms. The third-order valence-corrected chi connectivity index (χ3v) is 5.78. The molecule has 0 bridgehead atoms. The highest BCUT2D eigenvalue weighted by Crippen LogP contribution is 2.32. The third-order valence-electron chi connectivity index (χ3n) is 3.59. The van der Waals surface area contributed by atoms with E-state index in [-0.39, 0.29) is 12.5 Å². The van der Waals surface area contributed by atoms with E-state index in [1.54, 1.807) is 31.3 Å². The second-order valence-corrected chi connectivity index (χ2v) is 7.79. The number of hydrogen-bond acceptors (Lipinski definition) is 4. The van der Waals surface area contributed by atoms with Crippen molar-refractivity contribution < 1.29 is 9.53 Å². The van der Waals surface area contributed by atoms with E-state index in [0.29, 0.717) is 25.0 Å². The van der Waals surface area contributed by atoms with Gasteiger partial charge in [-0.1, -0.05) is 65.4 Å². The topological polar surface area (TPSA) is 29.5 Å². The Labute approximate surface area is 165 Å². The van der Waals surface area contributed by atoms with Crippen molar-refractivity contribution >= 4 is 63.5 Å². The molecule has 7 heteroatoms. The predicted octanol–water partition coefficient (Wildman–Crippen LogP) is 5.40. The van der Waals surface area contributed by atoms with Crippen molar-refractivity contribution in [2.45, 2.75) is 6.61 Å². The Bertz CT molecular complexity index is 863. The lowest BCUT2D eigenvalue weighted by Gasteiger charge is -2.10. The lowest BCUT2D eigenvalue weighted by atomic mass is 10.2. The molecule has 0 radical (unpaired) electrons. The van der Waals surface area contributed by atoms with Gasteiger partial charge in [-0.05, 0) is 35.9 Å². The summed E-state index contributed by atoms with van der Waals surface area (Å²) >= 11 is 18.7. The van der Waals surface area contributed by atoms with Gasteiger partial charge in [-0.3, -0.25) is 9.69 Å². The molecule has 128 valence electrons. The van der Waals surface area contributed by atoms with Crippen LogP contribution in [-0.4, -0.2) is 22.2 Å². The maximum atomic E-state index is 12.1. The minimum absolute atomic E-state index is 0.0934. The maximum absolute atomic E-state index is 12.1. The number of hydrogen-bond donors (Lipinski definition) is 0. The van der Waals surface area contributed by atoms with Crippen molar-refractivity contribution in [2.24, 2.45) is 0 Å². The van der Waals surface area contributed by atoms with Crippen LogP contribution in [0.1, 0.15) is 11.1 Å². The highest BCUT2D eigenvalue weighted by atomic mass is 35.5. The first-order valence-corrected chi connectivity index (χ1v) is 9.31. The Kier molecular flexibility index (Phi) is 5.69. The number of thiocarbonyl (C=S) groups is 1. The molecule has 2 aromatic rings. The van der Waals surface area contributed by atoms with Gasteiger partial charge >= 0.3 is 0 Å². The summed E-state index contributed by atoms with van der Waals surface area (Å²) < 4.78 is 6.35. The Morgan fingerprint density at radius 3 is 2.52 bits per heavy atom. The number of thioether (sulfide) groups is 1. The molecule has 2 aromatic carbocycles. The van der Waals surface area contributed by atoms with Crippen molar-refractivity contribution in [3.8, 4) is 5.75 Å². The minimum Gasteiger partial charge on any atom is -0.489 e. The first-order valence-electron chi connectivity index (χ1n) is 7.33. The van der Waals surface area contributed by atoms with Crippen LogP contribution in [0.3, 0.4) is 0 Å². The smallest absolute Gasteiger partial charge is 0.265 e. The van der Waals surface area contributed by atoms with Gasteiger partial charge in [0.05, 0.1) is 4.91 Å². The van der Waals surface area contributed by atoms with E-state index in [2.05, 4.69) is 0 Å². The summed E-state index contributed by atoms with van der Waals surface area (Å²) in [6.45, 7) is 0.263. The van der Waals surface area contributed by atoms with Gasteiger partial charge in [0, 0.05) is 22.7 Å². The van der Waals surface area contributed by atoms with Crippen molar-refractivity contribution in [1.29, 1.82) is 0 Å². The summed E-state index contributed by atoms with van der Waals surface area (Å²) in [5.41, 5.74) is 1.60. The number of carbonyl (C=O) groups excluding carboxylic acids is 1. The van der Waals surface area contributed by atoms with Crippen LogP contribution >= 0.6 is 47.2 Å². The molecule has 1 fully saturated rings. The molecule has 1 saturated heterocycles. The van der Waals surface area contributed by atoms with Crippen molar-refractivity contribution in [3.05, 3.63) is 68.5 Å². The molecule has 0 unspecified atom stereocenters. The highest BCUT2D eigenvalue weighted by molar-refractivity contribution is 8.26. The molecule has 0 aliphatic carbocycles. The van der Waals surface area contributed by atoms with Crippen LogP contribution in [0.25, 0.3) is 6.08 Å². The van der Waals surface area contributed by atoms with Crippen LogP contribution in [0.5, 0.6) is 5.75 Å². The first-order chi connectivity index (χ1) is 12.0. The molecular weight excluding hydrogens is 397 g/mol. The van der Waals surface area contributed by atoms with Crippen LogP contribution in [-0.2, 0) is 11.4 Å². The van der Waals surface area contributed by atoms with Gasteiger partial charge in [0.2, 0.25) is 0 Å².